The van der Waals surface area contributed by atoms with Crippen molar-refractivity contribution in [2.75, 3.05) is 18.0 Å². The molecule has 0 spiro atoms. The van der Waals surface area contributed by atoms with Crippen molar-refractivity contribution in [1.29, 1.82) is 0 Å². The Bertz CT molecular complexity index is 1140. The lowest BCUT2D eigenvalue weighted by atomic mass is 10.0. The number of nitrogens with zero attached hydrogens (tertiary/aromatic N) is 6. The summed E-state index contributed by atoms with van der Waals surface area (Å²) in [5, 5.41) is 5.29. The third-order valence-corrected chi connectivity index (χ3v) is 5.48. The van der Waals surface area contributed by atoms with Gasteiger partial charge in [0.1, 0.15) is 5.82 Å². The highest BCUT2D eigenvalue weighted by molar-refractivity contribution is 5.94. The molecule has 146 valence electrons. The Hall–Kier alpha value is -3.32. The third kappa shape index (κ3) is 3.45. The Kier molecular flexibility index (Phi) is 4.44. The van der Waals surface area contributed by atoms with E-state index in [0.29, 0.717) is 6.04 Å². The van der Waals surface area contributed by atoms with E-state index in [1.165, 1.54) is 0 Å². The van der Waals surface area contributed by atoms with Crippen molar-refractivity contribution in [3.8, 4) is 22.5 Å². The first-order valence-electron chi connectivity index (χ1n) is 9.89. The van der Waals surface area contributed by atoms with Gasteiger partial charge in [-0.1, -0.05) is 0 Å². The molecular formula is C22H23N7. The quantitative estimate of drug-likeness (QED) is 0.583. The number of aryl methyl sites for hydroxylation is 1. The van der Waals surface area contributed by atoms with Gasteiger partial charge in [-0.15, -0.1) is 0 Å². The van der Waals surface area contributed by atoms with Crippen LogP contribution in [0.4, 0.5) is 5.82 Å². The van der Waals surface area contributed by atoms with Crippen LogP contribution in [0.25, 0.3) is 33.4 Å². The Morgan fingerprint density at radius 1 is 1.03 bits per heavy atom. The lowest BCUT2D eigenvalue weighted by molar-refractivity contribution is 0.498. The van der Waals surface area contributed by atoms with E-state index < -0.39 is 0 Å². The molecule has 29 heavy (non-hydrogen) atoms. The van der Waals surface area contributed by atoms with Gasteiger partial charge in [0.15, 0.2) is 0 Å². The maximum atomic E-state index is 6.02. The monoisotopic (exact) mass is 385 g/mol. The molecule has 0 saturated carbocycles. The summed E-state index contributed by atoms with van der Waals surface area (Å²) in [5.74, 6) is 0.992. The molecule has 2 N–H and O–H groups in total. The van der Waals surface area contributed by atoms with Crippen molar-refractivity contribution in [1.82, 2.24) is 24.7 Å². The number of fused-ring (bicyclic) bond motifs is 1. The van der Waals surface area contributed by atoms with Crippen molar-refractivity contribution < 1.29 is 0 Å². The molecule has 0 bridgehead atoms. The van der Waals surface area contributed by atoms with Gasteiger partial charge in [-0.2, -0.15) is 5.10 Å². The topological polar surface area (TPSA) is 85.8 Å². The molecular weight excluding hydrogens is 362 g/mol. The SMILES string of the molecule is Cn1cc(-c2cc3ncccc3c(-c3ccc(N4CCC(N)CC4)nc3)n2)cn1. The normalized spacial score (nSPS) is 15.2. The Morgan fingerprint density at radius 2 is 1.90 bits per heavy atom. The highest BCUT2D eigenvalue weighted by atomic mass is 15.2. The van der Waals surface area contributed by atoms with Gasteiger partial charge in [0.2, 0.25) is 0 Å². The van der Waals surface area contributed by atoms with E-state index in [0.717, 1.165) is 65.2 Å². The summed E-state index contributed by atoms with van der Waals surface area (Å²) in [6.45, 7) is 1.91. The second-order valence-electron chi connectivity index (χ2n) is 7.56. The molecule has 1 aliphatic rings. The van der Waals surface area contributed by atoms with Crippen LogP contribution in [-0.2, 0) is 7.05 Å². The molecule has 0 amide bonds. The van der Waals surface area contributed by atoms with Crippen LogP contribution in [0.2, 0.25) is 0 Å². The number of nitrogens with two attached hydrogens (primary N) is 1. The summed E-state index contributed by atoms with van der Waals surface area (Å²) >= 11 is 0. The Morgan fingerprint density at radius 3 is 2.62 bits per heavy atom. The molecule has 1 fully saturated rings. The fourth-order valence-electron chi connectivity index (χ4n) is 3.84. The second-order valence-corrected chi connectivity index (χ2v) is 7.56. The first-order chi connectivity index (χ1) is 14.2. The number of hydrogen-bond acceptors (Lipinski definition) is 6. The van der Waals surface area contributed by atoms with E-state index in [1.54, 1.807) is 4.68 Å². The minimum atomic E-state index is 0.309. The van der Waals surface area contributed by atoms with E-state index in [1.807, 2.05) is 44.0 Å². The van der Waals surface area contributed by atoms with Crippen LogP contribution in [0, 0.1) is 0 Å². The second kappa shape index (κ2) is 7.25. The van der Waals surface area contributed by atoms with Crippen LogP contribution in [0.3, 0.4) is 0 Å². The lowest BCUT2D eigenvalue weighted by Crippen LogP contribution is -2.40. The number of pyridine rings is 3. The number of anilines is 1. The van der Waals surface area contributed by atoms with Gasteiger partial charge in [0.05, 0.1) is 23.1 Å². The van der Waals surface area contributed by atoms with Gasteiger partial charge in [-0.3, -0.25) is 9.67 Å². The Labute approximate surface area is 169 Å². The molecule has 4 aromatic heterocycles. The van der Waals surface area contributed by atoms with Crippen LogP contribution in [0.1, 0.15) is 12.8 Å². The lowest BCUT2D eigenvalue weighted by Gasteiger charge is -2.31. The molecule has 0 aliphatic carbocycles. The molecule has 0 aromatic carbocycles. The smallest absolute Gasteiger partial charge is 0.128 e. The van der Waals surface area contributed by atoms with Crippen molar-refractivity contribution >= 4 is 16.7 Å². The number of piperidine rings is 1. The standard InChI is InChI=1S/C22H23N7/c1-28-14-16(13-26-28)19-11-20-18(3-2-8-24-20)22(27-19)15-4-5-21(25-12-15)29-9-6-17(23)7-10-29/h2-5,8,11-14,17H,6-7,9-10,23H2,1H3. The zero-order chi connectivity index (χ0) is 19.8. The van der Waals surface area contributed by atoms with E-state index in [4.69, 9.17) is 15.7 Å². The van der Waals surface area contributed by atoms with Gasteiger partial charge in [-0.05, 0) is 43.2 Å². The average molecular weight is 385 g/mol. The largest absolute Gasteiger partial charge is 0.357 e. The van der Waals surface area contributed by atoms with Crippen LogP contribution < -0.4 is 10.6 Å². The first-order valence-corrected chi connectivity index (χ1v) is 9.89. The number of aromatic nitrogens is 5. The zero-order valence-electron chi connectivity index (χ0n) is 16.4. The van der Waals surface area contributed by atoms with Crippen molar-refractivity contribution in [2.24, 2.45) is 12.8 Å². The highest BCUT2D eigenvalue weighted by Crippen LogP contribution is 2.30. The predicted molar refractivity (Wildman–Crippen MR) is 114 cm³/mol. The summed E-state index contributed by atoms with van der Waals surface area (Å²) in [6, 6.07) is 10.5. The predicted octanol–water partition coefficient (Wildman–Crippen LogP) is 3.02. The summed E-state index contributed by atoms with van der Waals surface area (Å²) in [4.78, 5) is 16.5. The van der Waals surface area contributed by atoms with Crippen molar-refractivity contribution in [3.05, 3.63) is 55.1 Å². The first kappa shape index (κ1) is 17.8. The maximum absolute atomic E-state index is 6.02. The summed E-state index contributed by atoms with van der Waals surface area (Å²) in [6.07, 6.45) is 9.52. The molecule has 1 saturated heterocycles. The van der Waals surface area contributed by atoms with Crippen LogP contribution >= 0.6 is 0 Å². The highest BCUT2D eigenvalue weighted by Gasteiger charge is 2.18. The van der Waals surface area contributed by atoms with E-state index in [9.17, 15) is 0 Å². The van der Waals surface area contributed by atoms with E-state index in [2.05, 4.69) is 33.2 Å². The van der Waals surface area contributed by atoms with Crippen LogP contribution in [0.15, 0.2) is 55.1 Å². The maximum Gasteiger partial charge on any atom is 0.128 e. The van der Waals surface area contributed by atoms with Crippen LogP contribution in [-0.4, -0.2) is 43.9 Å². The number of hydrogen-bond donors (Lipinski definition) is 1. The van der Waals surface area contributed by atoms with E-state index >= 15 is 0 Å². The van der Waals surface area contributed by atoms with Crippen molar-refractivity contribution in [2.45, 2.75) is 18.9 Å². The minimum absolute atomic E-state index is 0.309. The summed E-state index contributed by atoms with van der Waals surface area (Å²) in [7, 11) is 1.90. The van der Waals surface area contributed by atoms with Gasteiger partial charge < -0.3 is 10.6 Å². The fraction of sp³-hybridized carbons (Fsp3) is 0.273. The zero-order valence-corrected chi connectivity index (χ0v) is 16.4. The average Bonchev–Trinajstić information content (AvgIpc) is 3.20. The van der Waals surface area contributed by atoms with Gasteiger partial charge in [-0.25, -0.2) is 9.97 Å². The van der Waals surface area contributed by atoms with Crippen molar-refractivity contribution in [3.63, 3.8) is 0 Å². The molecule has 1 aliphatic heterocycles. The van der Waals surface area contributed by atoms with Gasteiger partial charge in [0.25, 0.3) is 0 Å². The molecule has 7 nitrogen and oxygen atoms in total. The summed E-state index contributed by atoms with van der Waals surface area (Å²) in [5.41, 5.74) is 10.6. The molecule has 4 aromatic rings. The fourth-order valence-corrected chi connectivity index (χ4v) is 3.84. The third-order valence-electron chi connectivity index (χ3n) is 5.48. The summed E-state index contributed by atoms with van der Waals surface area (Å²) < 4.78 is 1.78. The molecule has 5 heterocycles. The van der Waals surface area contributed by atoms with Gasteiger partial charge in [0, 0.05) is 61.3 Å². The molecule has 5 rings (SSSR count). The number of rotatable bonds is 3. The van der Waals surface area contributed by atoms with E-state index in [-0.39, 0.29) is 0 Å². The molecule has 7 heteroatoms. The molecule has 0 unspecified atom stereocenters. The molecule has 0 radical (unpaired) electrons. The molecule has 0 atom stereocenters. The minimum Gasteiger partial charge on any atom is -0.357 e. The van der Waals surface area contributed by atoms with Crippen LogP contribution in [0.5, 0.6) is 0 Å². The van der Waals surface area contributed by atoms with Gasteiger partial charge >= 0.3 is 0 Å². The Balaban J connectivity index is 1.55.